The van der Waals surface area contributed by atoms with Gasteiger partial charge in [-0.05, 0) is 38.3 Å². The fraction of sp³-hybridized carbons (Fsp3) is 1.00. The van der Waals surface area contributed by atoms with Crippen LogP contribution in [0.5, 0.6) is 0 Å². The van der Waals surface area contributed by atoms with Crippen LogP contribution in [0.2, 0.25) is 0 Å². The molecule has 7 heteroatoms. The molecule has 1 aliphatic heterocycles. The van der Waals surface area contributed by atoms with Crippen molar-refractivity contribution in [1.29, 1.82) is 0 Å². The van der Waals surface area contributed by atoms with E-state index in [0.717, 1.165) is 25.9 Å². The second-order valence-corrected chi connectivity index (χ2v) is 6.35. The molecular weight excluding hydrogens is 257 g/mol. The molecule has 0 spiro atoms. The van der Waals surface area contributed by atoms with Crippen molar-refractivity contribution in [2.75, 3.05) is 39.4 Å². The number of rotatable bonds is 8. The van der Waals surface area contributed by atoms with Gasteiger partial charge in [-0.25, -0.2) is 4.72 Å². The summed E-state index contributed by atoms with van der Waals surface area (Å²) in [6, 6.07) is 0. The smallest absolute Gasteiger partial charge is 0.279 e. The topological polar surface area (TPSA) is 61.4 Å². The molecule has 0 bridgehead atoms. The number of halogens is 1. The molecule has 0 aromatic rings. The van der Waals surface area contributed by atoms with E-state index in [1.54, 1.807) is 0 Å². The molecule has 0 aromatic heterocycles. The maximum Gasteiger partial charge on any atom is 0.279 e. The van der Waals surface area contributed by atoms with Crippen LogP contribution in [0.25, 0.3) is 0 Å². The molecule has 0 aliphatic carbocycles. The number of alkyl halides is 1. The third-order valence-corrected chi connectivity index (χ3v) is 4.81. The summed E-state index contributed by atoms with van der Waals surface area (Å²) in [6.07, 6.45) is 2.00. The van der Waals surface area contributed by atoms with E-state index in [-0.39, 0.29) is 13.0 Å². The van der Waals surface area contributed by atoms with Gasteiger partial charge in [-0.2, -0.15) is 12.7 Å². The van der Waals surface area contributed by atoms with Crippen LogP contribution in [0.1, 0.15) is 26.2 Å². The van der Waals surface area contributed by atoms with E-state index >= 15 is 0 Å². The molecule has 1 aliphatic rings. The highest BCUT2D eigenvalue weighted by Gasteiger charge is 2.27. The maximum absolute atomic E-state index is 11.9. The summed E-state index contributed by atoms with van der Waals surface area (Å²) in [5.74, 6) is 0.558. The number of nitrogens with one attached hydrogen (secondary N) is 2. The van der Waals surface area contributed by atoms with Crippen LogP contribution in [-0.2, 0) is 10.2 Å². The molecule has 0 aromatic carbocycles. The van der Waals surface area contributed by atoms with Crippen molar-refractivity contribution in [3.05, 3.63) is 0 Å². The zero-order chi connectivity index (χ0) is 13.4. The minimum Gasteiger partial charge on any atom is -0.317 e. The lowest BCUT2D eigenvalue weighted by molar-refractivity contribution is 0.266. The molecule has 108 valence electrons. The molecule has 0 saturated carbocycles. The number of hydrogen-bond donors (Lipinski definition) is 2. The van der Waals surface area contributed by atoms with Gasteiger partial charge >= 0.3 is 0 Å². The van der Waals surface area contributed by atoms with Crippen LogP contribution in [-0.4, -0.2) is 52.1 Å². The summed E-state index contributed by atoms with van der Waals surface area (Å²) in [6.45, 7) is 4.77. The Labute approximate surface area is 109 Å². The first kappa shape index (κ1) is 15.8. The molecule has 2 N–H and O–H groups in total. The Kier molecular flexibility index (Phi) is 7.06. The summed E-state index contributed by atoms with van der Waals surface area (Å²) >= 11 is 0. The fourth-order valence-electron chi connectivity index (χ4n) is 2.06. The van der Waals surface area contributed by atoms with Crippen molar-refractivity contribution in [3.63, 3.8) is 0 Å². The molecule has 1 rings (SSSR count). The van der Waals surface area contributed by atoms with E-state index in [1.165, 1.54) is 4.31 Å². The Balaban J connectivity index is 2.32. The van der Waals surface area contributed by atoms with Crippen molar-refractivity contribution in [1.82, 2.24) is 14.3 Å². The Morgan fingerprint density at radius 2 is 2.00 bits per heavy atom. The first-order valence-corrected chi connectivity index (χ1v) is 8.05. The van der Waals surface area contributed by atoms with Crippen LogP contribution in [0.15, 0.2) is 0 Å². The lowest BCUT2D eigenvalue weighted by Crippen LogP contribution is -2.46. The fourth-order valence-corrected chi connectivity index (χ4v) is 3.34. The summed E-state index contributed by atoms with van der Waals surface area (Å²) in [5.41, 5.74) is 0. The third-order valence-electron chi connectivity index (χ3n) is 3.19. The summed E-state index contributed by atoms with van der Waals surface area (Å²) in [5, 5.41) is 3.29. The predicted octanol–water partition coefficient (Wildman–Crippen LogP) is 0.502. The Bertz CT molecular complexity index is 316. The van der Waals surface area contributed by atoms with Crippen LogP contribution in [0.3, 0.4) is 0 Å². The predicted molar refractivity (Wildman–Crippen MR) is 70.4 cm³/mol. The van der Waals surface area contributed by atoms with E-state index in [9.17, 15) is 12.8 Å². The Morgan fingerprint density at radius 3 is 2.56 bits per heavy atom. The quantitative estimate of drug-likeness (QED) is 0.637. The minimum atomic E-state index is -3.40. The second-order valence-electron chi connectivity index (χ2n) is 4.59. The van der Waals surface area contributed by atoms with Crippen molar-refractivity contribution >= 4 is 10.2 Å². The monoisotopic (exact) mass is 281 g/mol. The van der Waals surface area contributed by atoms with Gasteiger partial charge in [-0.15, -0.1) is 0 Å². The molecule has 1 fully saturated rings. The van der Waals surface area contributed by atoms with Crippen LogP contribution in [0, 0.1) is 5.92 Å². The molecule has 1 heterocycles. The van der Waals surface area contributed by atoms with E-state index in [4.69, 9.17) is 0 Å². The molecule has 0 unspecified atom stereocenters. The minimum absolute atomic E-state index is 0.177. The van der Waals surface area contributed by atoms with Crippen molar-refractivity contribution in [3.8, 4) is 0 Å². The van der Waals surface area contributed by atoms with Crippen molar-refractivity contribution < 1.29 is 12.8 Å². The number of piperidine rings is 1. The van der Waals surface area contributed by atoms with Gasteiger partial charge < -0.3 is 5.32 Å². The summed E-state index contributed by atoms with van der Waals surface area (Å²) < 4.78 is 39.5. The first-order valence-electron chi connectivity index (χ1n) is 6.61. The van der Waals surface area contributed by atoms with Gasteiger partial charge in [0, 0.05) is 19.6 Å². The van der Waals surface area contributed by atoms with Gasteiger partial charge in [-0.3, -0.25) is 4.39 Å². The van der Waals surface area contributed by atoms with Gasteiger partial charge in [0.05, 0.1) is 6.67 Å². The molecule has 18 heavy (non-hydrogen) atoms. The van der Waals surface area contributed by atoms with Crippen molar-refractivity contribution in [2.24, 2.45) is 5.92 Å². The highest BCUT2D eigenvalue weighted by atomic mass is 32.2. The largest absolute Gasteiger partial charge is 0.317 e. The lowest BCUT2D eigenvalue weighted by atomic mass is 9.98. The highest BCUT2D eigenvalue weighted by Crippen LogP contribution is 2.18. The standard InChI is InChI=1S/C11H24FN3O2S/c1-2-13-10-11-4-8-15(9-5-11)18(16,17)14-7-3-6-12/h11,13-14H,2-10H2,1H3. The van der Waals surface area contributed by atoms with Crippen molar-refractivity contribution in [2.45, 2.75) is 26.2 Å². The van der Waals surface area contributed by atoms with E-state index in [2.05, 4.69) is 17.0 Å². The normalized spacial score (nSPS) is 19.2. The van der Waals surface area contributed by atoms with Crippen LogP contribution in [0.4, 0.5) is 4.39 Å². The zero-order valence-electron chi connectivity index (χ0n) is 11.0. The average molecular weight is 281 g/mol. The molecule has 1 saturated heterocycles. The number of nitrogens with zero attached hydrogens (tertiary/aromatic N) is 1. The average Bonchev–Trinajstić information content (AvgIpc) is 2.37. The molecule has 0 radical (unpaired) electrons. The van der Waals surface area contributed by atoms with E-state index in [0.29, 0.717) is 19.0 Å². The SMILES string of the molecule is CCNCC1CCN(S(=O)(=O)NCCCF)CC1. The second kappa shape index (κ2) is 8.04. The summed E-state index contributed by atoms with van der Waals surface area (Å²) in [7, 11) is -3.40. The molecule has 0 atom stereocenters. The Hall–Kier alpha value is -0.240. The van der Waals surface area contributed by atoms with E-state index < -0.39 is 16.9 Å². The summed E-state index contributed by atoms with van der Waals surface area (Å²) in [4.78, 5) is 0. The van der Waals surface area contributed by atoms with Gasteiger partial charge in [0.15, 0.2) is 0 Å². The van der Waals surface area contributed by atoms with E-state index in [1.807, 2.05) is 0 Å². The highest BCUT2D eigenvalue weighted by molar-refractivity contribution is 7.87. The maximum atomic E-state index is 11.9. The Morgan fingerprint density at radius 1 is 1.33 bits per heavy atom. The lowest BCUT2D eigenvalue weighted by Gasteiger charge is -2.31. The van der Waals surface area contributed by atoms with Gasteiger partial charge in [0.25, 0.3) is 10.2 Å². The molecular formula is C11H24FN3O2S. The van der Waals surface area contributed by atoms with Gasteiger partial charge in [0.2, 0.25) is 0 Å². The first-order chi connectivity index (χ1) is 8.60. The number of hydrogen-bond acceptors (Lipinski definition) is 3. The molecule has 0 amide bonds. The molecule has 5 nitrogen and oxygen atoms in total. The zero-order valence-corrected chi connectivity index (χ0v) is 11.8. The van der Waals surface area contributed by atoms with Crippen LogP contribution >= 0.6 is 0 Å². The van der Waals surface area contributed by atoms with Gasteiger partial charge in [-0.1, -0.05) is 6.92 Å². The third kappa shape index (κ3) is 5.17. The van der Waals surface area contributed by atoms with Crippen LogP contribution < -0.4 is 10.0 Å². The van der Waals surface area contributed by atoms with Gasteiger partial charge in [0.1, 0.15) is 0 Å².